The van der Waals surface area contributed by atoms with Crippen molar-refractivity contribution in [3.8, 4) is 11.8 Å². The molecule has 0 saturated heterocycles. The summed E-state index contributed by atoms with van der Waals surface area (Å²) in [5, 5.41) is 0. The maximum absolute atomic E-state index is 3.45. The minimum atomic E-state index is 0.498. The average molecular weight is 289 g/mol. The molecule has 0 heteroatoms. The van der Waals surface area contributed by atoms with Crippen molar-refractivity contribution in [2.45, 2.75) is 80.1 Å². The number of hydrogen-bond donors (Lipinski definition) is 0. The zero-order chi connectivity index (χ0) is 15.6. The van der Waals surface area contributed by atoms with E-state index in [0.717, 1.165) is 36.0 Å². The maximum atomic E-state index is 3.45. The summed E-state index contributed by atoms with van der Waals surface area (Å²) in [6, 6.07) is 0. The minimum Gasteiger partial charge on any atom is -0.103 e. The Labute approximate surface area is 133 Å². The lowest BCUT2D eigenvalue weighted by atomic mass is 9.56. The fourth-order valence-electron chi connectivity index (χ4n) is 4.56. The molecule has 0 aromatic rings. The predicted molar refractivity (Wildman–Crippen MR) is 92.9 cm³/mol. The SMILES string of the molecule is CC(C)C#CCC1CCC(C2CC(C(C)C)C2)CC1(C)C. The van der Waals surface area contributed by atoms with Crippen LogP contribution in [0.15, 0.2) is 0 Å². The summed E-state index contributed by atoms with van der Waals surface area (Å²) in [6.45, 7) is 14.2. The van der Waals surface area contributed by atoms with Crippen molar-refractivity contribution < 1.29 is 0 Å². The van der Waals surface area contributed by atoms with E-state index in [0.29, 0.717) is 11.3 Å². The molecular weight excluding hydrogens is 252 g/mol. The van der Waals surface area contributed by atoms with Crippen LogP contribution in [0.25, 0.3) is 0 Å². The molecule has 0 aromatic carbocycles. The van der Waals surface area contributed by atoms with Crippen LogP contribution in [0.2, 0.25) is 0 Å². The molecule has 0 spiro atoms. The normalized spacial score (nSPS) is 35.2. The van der Waals surface area contributed by atoms with Crippen LogP contribution in [-0.2, 0) is 0 Å². The van der Waals surface area contributed by atoms with E-state index in [2.05, 4.69) is 53.4 Å². The van der Waals surface area contributed by atoms with Gasteiger partial charge in [0.2, 0.25) is 0 Å². The Morgan fingerprint density at radius 1 is 1.00 bits per heavy atom. The molecule has 0 amide bonds. The summed E-state index contributed by atoms with van der Waals surface area (Å²) in [5.41, 5.74) is 0.498. The second-order valence-corrected chi connectivity index (χ2v) is 9.14. The second kappa shape index (κ2) is 6.76. The van der Waals surface area contributed by atoms with Crippen LogP contribution >= 0.6 is 0 Å². The molecule has 2 rings (SSSR count). The van der Waals surface area contributed by atoms with Crippen LogP contribution in [0.3, 0.4) is 0 Å². The molecule has 0 aromatic heterocycles. The molecule has 21 heavy (non-hydrogen) atoms. The molecule has 0 nitrogen and oxygen atoms in total. The Morgan fingerprint density at radius 3 is 2.19 bits per heavy atom. The van der Waals surface area contributed by atoms with Gasteiger partial charge in [0, 0.05) is 12.3 Å². The molecule has 0 heterocycles. The Bertz CT molecular complexity index is 384. The van der Waals surface area contributed by atoms with E-state index in [-0.39, 0.29) is 0 Å². The Morgan fingerprint density at radius 2 is 1.67 bits per heavy atom. The first-order valence-electron chi connectivity index (χ1n) is 9.28. The largest absolute Gasteiger partial charge is 0.103 e. The van der Waals surface area contributed by atoms with Crippen LogP contribution in [0.5, 0.6) is 0 Å². The zero-order valence-corrected chi connectivity index (χ0v) is 15.2. The summed E-state index contributed by atoms with van der Waals surface area (Å²) < 4.78 is 0. The molecule has 2 fully saturated rings. The molecule has 2 unspecified atom stereocenters. The standard InChI is InChI=1S/C21H36/c1-15(2)8-7-9-20-11-10-17(14-21(20,5)6)19-12-18(13-19)16(3)4/h15-20H,9-14H2,1-6H3. The minimum absolute atomic E-state index is 0.498. The topological polar surface area (TPSA) is 0 Å². The number of hydrogen-bond acceptors (Lipinski definition) is 0. The Balaban J connectivity index is 1.84. The highest BCUT2D eigenvalue weighted by atomic mass is 14.5. The van der Waals surface area contributed by atoms with Gasteiger partial charge in [-0.05, 0) is 67.1 Å². The smallest absolute Gasteiger partial charge is 0.0146 e. The Hall–Kier alpha value is -0.440. The molecule has 0 N–H and O–H groups in total. The second-order valence-electron chi connectivity index (χ2n) is 9.14. The molecule has 2 aliphatic rings. The van der Waals surface area contributed by atoms with Gasteiger partial charge >= 0.3 is 0 Å². The van der Waals surface area contributed by atoms with E-state index in [1.807, 2.05) is 0 Å². The quantitative estimate of drug-likeness (QED) is 0.545. The van der Waals surface area contributed by atoms with Crippen LogP contribution in [0, 0.1) is 52.8 Å². The molecule has 2 saturated carbocycles. The van der Waals surface area contributed by atoms with Crippen molar-refractivity contribution in [2.75, 3.05) is 0 Å². The molecule has 0 radical (unpaired) electrons. The van der Waals surface area contributed by atoms with E-state index >= 15 is 0 Å². The fraction of sp³-hybridized carbons (Fsp3) is 0.905. The molecule has 2 atom stereocenters. The van der Waals surface area contributed by atoms with E-state index in [1.165, 1.54) is 32.1 Å². The van der Waals surface area contributed by atoms with Gasteiger partial charge in [-0.2, -0.15) is 0 Å². The van der Waals surface area contributed by atoms with Gasteiger partial charge in [0.05, 0.1) is 0 Å². The van der Waals surface area contributed by atoms with Crippen molar-refractivity contribution in [2.24, 2.45) is 40.9 Å². The predicted octanol–water partition coefficient (Wildman–Crippen LogP) is 6.16. The monoisotopic (exact) mass is 288 g/mol. The highest BCUT2D eigenvalue weighted by molar-refractivity contribution is 5.05. The average Bonchev–Trinajstić information content (AvgIpc) is 2.28. The number of rotatable bonds is 3. The molecular formula is C21H36. The molecule has 0 bridgehead atoms. The van der Waals surface area contributed by atoms with Gasteiger partial charge in [0.1, 0.15) is 0 Å². The summed E-state index contributed by atoms with van der Waals surface area (Å²) in [6.07, 6.45) is 8.46. The fourth-order valence-corrected chi connectivity index (χ4v) is 4.56. The van der Waals surface area contributed by atoms with Crippen molar-refractivity contribution in [1.29, 1.82) is 0 Å². The lowest BCUT2D eigenvalue weighted by molar-refractivity contribution is 0.0101. The first-order chi connectivity index (χ1) is 9.79. The van der Waals surface area contributed by atoms with Crippen LogP contribution in [-0.4, -0.2) is 0 Å². The van der Waals surface area contributed by atoms with Gasteiger partial charge in [-0.15, -0.1) is 11.8 Å². The van der Waals surface area contributed by atoms with Gasteiger partial charge in [0.15, 0.2) is 0 Å². The van der Waals surface area contributed by atoms with Gasteiger partial charge < -0.3 is 0 Å². The first-order valence-corrected chi connectivity index (χ1v) is 9.28. The third kappa shape index (κ3) is 4.28. The van der Waals surface area contributed by atoms with Crippen molar-refractivity contribution in [1.82, 2.24) is 0 Å². The van der Waals surface area contributed by atoms with Crippen LogP contribution in [0.1, 0.15) is 80.1 Å². The summed E-state index contributed by atoms with van der Waals surface area (Å²) >= 11 is 0. The van der Waals surface area contributed by atoms with E-state index in [1.54, 1.807) is 0 Å². The van der Waals surface area contributed by atoms with Gasteiger partial charge in [-0.25, -0.2) is 0 Å². The molecule has 2 aliphatic carbocycles. The maximum Gasteiger partial charge on any atom is 0.0146 e. The van der Waals surface area contributed by atoms with Crippen LogP contribution < -0.4 is 0 Å². The highest BCUT2D eigenvalue weighted by Crippen LogP contribution is 2.53. The lowest BCUT2D eigenvalue weighted by Crippen LogP contribution is -2.40. The van der Waals surface area contributed by atoms with Gasteiger partial charge in [-0.1, -0.05) is 41.5 Å². The lowest BCUT2D eigenvalue weighted by Gasteiger charge is -2.49. The van der Waals surface area contributed by atoms with E-state index < -0.39 is 0 Å². The molecule has 120 valence electrons. The van der Waals surface area contributed by atoms with Crippen molar-refractivity contribution >= 4 is 0 Å². The van der Waals surface area contributed by atoms with E-state index in [4.69, 9.17) is 0 Å². The van der Waals surface area contributed by atoms with Crippen molar-refractivity contribution in [3.63, 3.8) is 0 Å². The molecule has 0 aliphatic heterocycles. The summed E-state index contributed by atoms with van der Waals surface area (Å²) in [4.78, 5) is 0. The van der Waals surface area contributed by atoms with Crippen molar-refractivity contribution in [3.05, 3.63) is 0 Å². The van der Waals surface area contributed by atoms with Crippen LogP contribution in [0.4, 0.5) is 0 Å². The third-order valence-corrected chi connectivity index (χ3v) is 6.34. The summed E-state index contributed by atoms with van der Waals surface area (Å²) in [7, 11) is 0. The Kier molecular flexibility index (Phi) is 5.45. The first kappa shape index (κ1) is 16.9. The van der Waals surface area contributed by atoms with Gasteiger partial charge in [0.25, 0.3) is 0 Å². The summed E-state index contributed by atoms with van der Waals surface area (Å²) in [5.74, 6) is 12.1. The third-order valence-electron chi connectivity index (χ3n) is 6.34. The van der Waals surface area contributed by atoms with Gasteiger partial charge in [-0.3, -0.25) is 0 Å². The highest BCUT2D eigenvalue weighted by Gasteiger charge is 2.43. The zero-order valence-electron chi connectivity index (χ0n) is 15.2. The van der Waals surface area contributed by atoms with E-state index in [9.17, 15) is 0 Å².